The lowest BCUT2D eigenvalue weighted by molar-refractivity contribution is -0.665. The predicted octanol–water partition coefficient (Wildman–Crippen LogP) is -1.13. The Hall–Kier alpha value is -0.870. The molecule has 4 heteroatoms. The Morgan fingerprint density at radius 1 is 1.75 bits per heavy atom. The Bertz CT molecular complexity index is 270. The van der Waals surface area contributed by atoms with Gasteiger partial charge in [-0.05, 0) is 23.9 Å². The van der Waals surface area contributed by atoms with E-state index in [1.54, 1.807) is 16.7 Å². The molecule has 1 aromatic rings. The van der Waals surface area contributed by atoms with Crippen LogP contribution in [0.5, 0.6) is 0 Å². The highest BCUT2D eigenvalue weighted by molar-refractivity contribution is 7.10. The summed E-state index contributed by atoms with van der Waals surface area (Å²) in [6, 6.07) is 2.03. The monoisotopic (exact) mass is 185 g/mol. The number of aryl methyl sites for hydroxylation is 1. The van der Waals surface area contributed by atoms with Gasteiger partial charge in [0.2, 0.25) is 0 Å². The second kappa shape index (κ2) is 4.23. The van der Waals surface area contributed by atoms with Gasteiger partial charge in [-0.3, -0.25) is 0 Å². The summed E-state index contributed by atoms with van der Waals surface area (Å²) in [6.45, 7) is 2.80. The van der Waals surface area contributed by atoms with Crippen LogP contribution >= 0.6 is 11.3 Å². The van der Waals surface area contributed by atoms with E-state index in [9.17, 15) is 9.90 Å². The minimum Gasteiger partial charge on any atom is -0.544 e. The molecule has 0 radical (unpaired) electrons. The van der Waals surface area contributed by atoms with E-state index in [2.05, 4.69) is 0 Å². The third-order valence-electron chi connectivity index (χ3n) is 1.61. The molecule has 0 amide bonds. The van der Waals surface area contributed by atoms with Gasteiger partial charge in [0.05, 0.1) is 10.8 Å². The number of quaternary nitrogens is 1. The fraction of sp³-hybridized carbons (Fsp3) is 0.375. The molecule has 12 heavy (non-hydrogen) atoms. The van der Waals surface area contributed by atoms with Crippen LogP contribution in [0.2, 0.25) is 0 Å². The SMILES string of the molecule is Cc1ccsc1C[NH2+]CC(=O)[O-]. The maximum Gasteiger partial charge on any atom is 0.116 e. The molecule has 1 rings (SSSR count). The second-order valence-electron chi connectivity index (χ2n) is 2.60. The molecule has 1 aromatic heterocycles. The summed E-state index contributed by atoms with van der Waals surface area (Å²) in [5.41, 5.74) is 1.23. The van der Waals surface area contributed by atoms with Crippen molar-refractivity contribution in [3.05, 3.63) is 21.9 Å². The van der Waals surface area contributed by atoms with E-state index in [4.69, 9.17) is 0 Å². The molecule has 0 unspecified atom stereocenters. The zero-order valence-corrected chi connectivity index (χ0v) is 7.69. The third kappa shape index (κ3) is 2.64. The average molecular weight is 185 g/mol. The van der Waals surface area contributed by atoms with Crippen LogP contribution in [0.3, 0.4) is 0 Å². The van der Waals surface area contributed by atoms with Crippen LogP contribution in [0.1, 0.15) is 10.4 Å². The van der Waals surface area contributed by atoms with Crippen molar-refractivity contribution in [3.8, 4) is 0 Å². The van der Waals surface area contributed by atoms with Gasteiger partial charge in [-0.25, -0.2) is 0 Å². The van der Waals surface area contributed by atoms with Crippen molar-refractivity contribution in [2.75, 3.05) is 6.54 Å². The molecule has 0 spiro atoms. The highest BCUT2D eigenvalue weighted by atomic mass is 32.1. The molecular weight excluding hydrogens is 174 g/mol. The van der Waals surface area contributed by atoms with Gasteiger partial charge in [0.15, 0.2) is 0 Å². The topological polar surface area (TPSA) is 56.7 Å². The molecule has 0 bridgehead atoms. The van der Waals surface area contributed by atoms with E-state index in [0.29, 0.717) is 0 Å². The smallest absolute Gasteiger partial charge is 0.116 e. The van der Waals surface area contributed by atoms with Gasteiger partial charge in [0, 0.05) is 0 Å². The molecule has 0 aliphatic carbocycles. The van der Waals surface area contributed by atoms with Crippen molar-refractivity contribution >= 4 is 17.3 Å². The van der Waals surface area contributed by atoms with Gasteiger partial charge < -0.3 is 15.2 Å². The van der Waals surface area contributed by atoms with E-state index < -0.39 is 5.97 Å². The van der Waals surface area contributed by atoms with Gasteiger partial charge in [-0.15, -0.1) is 11.3 Å². The number of rotatable bonds is 4. The molecule has 1 heterocycles. The molecule has 0 saturated heterocycles. The first-order valence-electron chi connectivity index (χ1n) is 3.74. The molecule has 2 N–H and O–H groups in total. The number of carboxylic acid groups (broad SMARTS) is 1. The number of hydrogen-bond donors (Lipinski definition) is 1. The van der Waals surface area contributed by atoms with Crippen LogP contribution in [-0.4, -0.2) is 12.5 Å². The number of carboxylic acids is 1. The lowest BCUT2D eigenvalue weighted by Crippen LogP contribution is -2.85. The Labute approximate surface area is 75.0 Å². The lowest BCUT2D eigenvalue weighted by Gasteiger charge is -2.00. The quantitative estimate of drug-likeness (QED) is 0.645. The minimum atomic E-state index is -1.01. The fourth-order valence-electron chi connectivity index (χ4n) is 0.934. The van der Waals surface area contributed by atoms with Crippen molar-refractivity contribution in [3.63, 3.8) is 0 Å². The number of thiophene rings is 1. The molecule has 3 nitrogen and oxygen atoms in total. The fourth-order valence-corrected chi connectivity index (χ4v) is 1.84. The number of aliphatic carboxylic acids is 1. The number of nitrogens with two attached hydrogens (primary N) is 1. The normalized spacial score (nSPS) is 10.1. The molecule has 0 saturated carbocycles. The Morgan fingerprint density at radius 3 is 3.00 bits per heavy atom. The van der Waals surface area contributed by atoms with Crippen LogP contribution in [0.25, 0.3) is 0 Å². The van der Waals surface area contributed by atoms with Gasteiger partial charge in [-0.2, -0.15) is 0 Å². The minimum absolute atomic E-state index is 0.0390. The zero-order valence-electron chi connectivity index (χ0n) is 6.87. The summed E-state index contributed by atoms with van der Waals surface area (Å²) >= 11 is 1.66. The Morgan fingerprint density at radius 2 is 2.50 bits per heavy atom. The van der Waals surface area contributed by atoms with E-state index in [1.807, 2.05) is 18.4 Å². The van der Waals surface area contributed by atoms with Crippen molar-refractivity contribution in [2.24, 2.45) is 0 Å². The number of carbonyl (C=O) groups is 1. The Balaban J connectivity index is 2.33. The highest BCUT2D eigenvalue weighted by Gasteiger charge is 2.00. The molecule has 0 fully saturated rings. The highest BCUT2D eigenvalue weighted by Crippen LogP contribution is 2.13. The Kier molecular flexibility index (Phi) is 3.25. The van der Waals surface area contributed by atoms with Crippen LogP contribution in [-0.2, 0) is 11.3 Å². The summed E-state index contributed by atoms with van der Waals surface area (Å²) in [6.07, 6.45) is 0. The number of hydrogen-bond acceptors (Lipinski definition) is 3. The van der Waals surface area contributed by atoms with E-state index in [1.165, 1.54) is 10.4 Å². The first kappa shape index (κ1) is 9.22. The number of carbonyl (C=O) groups excluding carboxylic acids is 1. The third-order valence-corrected chi connectivity index (χ3v) is 2.65. The van der Waals surface area contributed by atoms with Crippen molar-refractivity contribution in [2.45, 2.75) is 13.5 Å². The standard InChI is InChI=1S/C8H11NO2S/c1-6-2-3-12-7(6)4-9-5-8(10)11/h2-3,9H,4-5H2,1H3,(H,10,11). The summed E-state index contributed by atoms with van der Waals surface area (Å²) in [7, 11) is 0. The summed E-state index contributed by atoms with van der Waals surface area (Å²) in [5.74, 6) is -1.01. The predicted molar refractivity (Wildman–Crippen MR) is 44.6 cm³/mol. The molecular formula is C8H11NO2S. The second-order valence-corrected chi connectivity index (χ2v) is 3.60. The van der Waals surface area contributed by atoms with Crippen LogP contribution in [0, 0.1) is 6.92 Å². The van der Waals surface area contributed by atoms with E-state index in [-0.39, 0.29) is 6.54 Å². The van der Waals surface area contributed by atoms with Crippen molar-refractivity contribution in [1.82, 2.24) is 0 Å². The molecule has 0 aromatic carbocycles. The van der Waals surface area contributed by atoms with E-state index in [0.717, 1.165) is 6.54 Å². The molecule has 0 atom stereocenters. The van der Waals surface area contributed by atoms with Crippen LogP contribution in [0.4, 0.5) is 0 Å². The van der Waals surface area contributed by atoms with Crippen LogP contribution < -0.4 is 10.4 Å². The summed E-state index contributed by atoms with van der Waals surface area (Å²) in [4.78, 5) is 11.3. The summed E-state index contributed by atoms with van der Waals surface area (Å²) < 4.78 is 0. The van der Waals surface area contributed by atoms with Gasteiger partial charge in [0.25, 0.3) is 0 Å². The van der Waals surface area contributed by atoms with Crippen molar-refractivity contribution in [1.29, 1.82) is 0 Å². The van der Waals surface area contributed by atoms with Gasteiger partial charge in [-0.1, -0.05) is 0 Å². The van der Waals surface area contributed by atoms with Crippen molar-refractivity contribution < 1.29 is 15.2 Å². The average Bonchev–Trinajstić information content (AvgIpc) is 2.36. The zero-order chi connectivity index (χ0) is 8.97. The van der Waals surface area contributed by atoms with Gasteiger partial charge in [0.1, 0.15) is 13.1 Å². The maximum absolute atomic E-state index is 10.1. The summed E-state index contributed by atoms with van der Waals surface area (Å²) in [5, 5.41) is 13.8. The maximum atomic E-state index is 10.1. The first-order chi connectivity index (χ1) is 5.70. The largest absolute Gasteiger partial charge is 0.544 e. The first-order valence-corrected chi connectivity index (χ1v) is 4.62. The lowest BCUT2D eigenvalue weighted by atomic mass is 10.3. The van der Waals surface area contributed by atoms with Gasteiger partial charge >= 0.3 is 0 Å². The van der Waals surface area contributed by atoms with E-state index >= 15 is 0 Å². The molecule has 66 valence electrons. The van der Waals surface area contributed by atoms with Crippen LogP contribution in [0.15, 0.2) is 11.4 Å². The molecule has 0 aliphatic heterocycles. The molecule has 0 aliphatic rings.